The van der Waals surface area contributed by atoms with Crippen molar-refractivity contribution in [3.05, 3.63) is 82.2 Å². The first-order valence-corrected chi connectivity index (χ1v) is 11.4. The first kappa shape index (κ1) is 23.0. The van der Waals surface area contributed by atoms with Gasteiger partial charge in [0.15, 0.2) is 6.10 Å². The molecule has 3 heterocycles. The lowest BCUT2D eigenvalue weighted by Crippen LogP contribution is -2.23. The standard InChI is InChI=1S/C26H18F3N3O5/c27-26(28,29)17-9-12(1-2-13(17)11-33)25(35)32-22-21-16-10-14(3-5-18(16)37-23(21)22)36-19-7-8-30-24-15(19)4-6-20(34)31-24/h1-3,5,7-10,23,33H,4,6,11H2,(H,32,35)(H,30,31,34). The van der Waals surface area contributed by atoms with E-state index in [1.807, 2.05) is 0 Å². The topological polar surface area (TPSA) is 110 Å². The van der Waals surface area contributed by atoms with Gasteiger partial charge in [-0.1, -0.05) is 6.07 Å². The molecule has 37 heavy (non-hydrogen) atoms. The molecular weight excluding hydrogens is 491 g/mol. The van der Waals surface area contributed by atoms with Crippen LogP contribution in [-0.2, 0) is 24.0 Å². The molecule has 8 nitrogen and oxygen atoms in total. The van der Waals surface area contributed by atoms with Gasteiger partial charge in [-0.3, -0.25) is 9.59 Å². The number of carbonyl (C=O) groups is 2. The number of benzene rings is 2. The number of nitrogens with one attached hydrogen (secondary N) is 2. The van der Waals surface area contributed by atoms with E-state index in [2.05, 4.69) is 15.6 Å². The molecule has 0 saturated carbocycles. The van der Waals surface area contributed by atoms with Gasteiger partial charge < -0.3 is 25.2 Å². The summed E-state index contributed by atoms with van der Waals surface area (Å²) < 4.78 is 51.8. The SMILES string of the molecule is O=C1CCc2c(Oc3ccc4c(c3)C3=C(NC(=O)c5ccc(CO)c(C(F)(F)F)c5)C3O4)ccnc2N1. The number of nitrogens with zero attached hydrogens (tertiary/aromatic N) is 1. The molecule has 3 aromatic rings. The van der Waals surface area contributed by atoms with Crippen molar-refractivity contribution in [1.29, 1.82) is 0 Å². The summed E-state index contributed by atoms with van der Waals surface area (Å²) in [5.74, 6) is 1.32. The highest BCUT2D eigenvalue weighted by Gasteiger charge is 2.48. The van der Waals surface area contributed by atoms with E-state index in [1.165, 1.54) is 6.07 Å². The third kappa shape index (κ3) is 4.06. The molecule has 3 aliphatic rings. The summed E-state index contributed by atoms with van der Waals surface area (Å²) in [5.41, 5.74) is 1.14. The maximum absolute atomic E-state index is 13.3. The van der Waals surface area contributed by atoms with Crippen molar-refractivity contribution in [3.63, 3.8) is 0 Å². The zero-order valence-electron chi connectivity index (χ0n) is 19.0. The van der Waals surface area contributed by atoms with E-state index in [-0.39, 0.29) is 17.0 Å². The van der Waals surface area contributed by atoms with Crippen LogP contribution in [0.5, 0.6) is 17.2 Å². The lowest BCUT2D eigenvalue weighted by molar-refractivity contribution is -0.138. The van der Waals surface area contributed by atoms with Gasteiger partial charge in [-0.05, 0) is 48.4 Å². The van der Waals surface area contributed by atoms with Crippen LogP contribution in [0.1, 0.15) is 39.0 Å². The zero-order chi connectivity index (χ0) is 25.9. The van der Waals surface area contributed by atoms with E-state index in [0.717, 1.165) is 23.3 Å². The molecule has 0 radical (unpaired) electrons. The fourth-order valence-electron chi connectivity index (χ4n) is 4.54. The molecule has 11 heteroatoms. The first-order chi connectivity index (χ1) is 17.7. The van der Waals surface area contributed by atoms with Gasteiger partial charge in [0.25, 0.3) is 5.91 Å². The molecule has 0 fully saturated rings. The van der Waals surface area contributed by atoms with Crippen molar-refractivity contribution in [2.45, 2.75) is 31.7 Å². The number of rotatable bonds is 5. The smallest absolute Gasteiger partial charge is 0.416 e. The Morgan fingerprint density at radius 3 is 2.81 bits per heavy atom. The fraction of sp³-hybridized carbons (Fsp3) is 0.192. The average Bonchev–Trinajstić information content (AvgIpc) is 3.39. The zero-order valence-corrected chi connectivity index (χ0v) is 19.0. The molecule has 0 spiro atoms. The number of aliphatic hydroxyl groups excluding tert-OH is 1. The van der Waals surface area contributed by atoms with Crippen LogP contribution in [0.25, 0.3) is 5.57 Å². The number of aliphatic hydroxyl groups is 1. The van der Waals surface area contributed by atoms with Crippen molar-refractivity contribution in [2.24, 2.45) is 0 Å². The van der Waals surface area contributed by atoms with E-state index >= 15 is 0 Å². The Bertz CT molecular complexity index is 1520. The second-order valence-corrected chi connectivity index (χ2v) is 8.75. The van der Waals surface area contributed by atoms with Crippen LogP contribution in [0.4, 0.5) is 19.0 Å². The minimum absolute atomic E-state index is 0.105. The Hall–Kier alpha value is -4.38. The maximum atomic E-state index is 13.3. The Morgan fingerprint density at radius 1 is 1.19 bits per heavy atom. The molecule has 188 valence electrons. The Kier molecular flexibility index (Phi) is 5.19. The normalized spacial score (nSPS) is 17.3. The molecule has 1 aromatic heterocycles. The van der Waals surface area contributed by atoms with Gasteiger partial charge in [-0.15, -0.1) is 0 Å². The monoisotopic (exact) mass is 509 g/mol. The molecule has 3 N–H and O–H groups in total. The number of anilines is 1. The number of amides is 2. The van der Waals surface area contributed by atoms with Gasteiger partial charge in [-0.25, -0.2) is 4.98 Å². The summed E-state index contributed by atoms with van der Waals surface area (Å²) in [6, 6.07) is 9.99. The summed E-state index contributed by atoms with van der Waals surface area (Å²) in [4.78, 5) is 28.5. The van der Waals surface area contributed by atoms with Gasteiger partial charge in [-0.2, -0.15) is 13.2 Å². The van der Waals surface area contributed by atoms with E-state index in [1.54, 1.807) is 30.5 Å². The summed E-state index contributed by atoms with van der Waals surface area (Å²) in [6.07, 6.45) is -2.82. The number of alkyl halides is 3. The maximum Gasteiger partial charge on any atom is 0.416 e. The predicted octanol–water partition coefficient (Wildman–Crippen LogP) is 4.19. The molecule has 1 unspecified atom stereocenters. The number of hydrogen-bond donors (Lipinski definition) is 3. The Balaban J connectivity index is 1.23. The molecule has 2 aromatic carbocycles. The minimum Gasteiger partial charge on any atom is -0.479 e. The molecule has 0 saturated heterocycles. The van der Waals surface area contributed by atoms with E-state index in [9.17, 15) is 27.9 Å². The number of halogens is 3. The lowest BCUT2D eigenvalue weighted by atomic mass is 10.0. The average molecular weight is 509 g/mol. The van der Waals surface area contributed by atoms with Gasteiger partial charge >= 0.3 is 6.18 Å². The second kappa shape index (κ2) is 8.34. The summed E-state index contributed by atoms with van der Waals surface area (Å²) in [6.45, 7) is -0.792. The van der Waals surface area contributed by atoms with E-state index < -0.39 is 30.4 Å². The minimum atomic E-state index is -4.70. The van der Waals surface area contributed by atoms with Crippen LogP contribution in [-0.4, -0.2) is 28.0 Å². The van der Waals surface area contributed by atoms with E-state index in [4.69, 9.17) is 9.47 Å². The number of carbonyl (C=O) groups excluding carboxylic acids is 2. The highest BCUT2D eigenvalue weighted by Crippen LogP contribution is 2.52. The fourth-order valence-corrected chi connectivity index (χ4v) is 4.54. The van der Waals surface area contributed by atoms with Crippen LogP contribution in [0.2, 0.25) is 0 Å². The molecule has 1 atom stereocenters. The van der Waals surface area contributed by atoms with Gasteiger partial charge in [0.2, 0.25) is 5.91 Å². The van der Waals surface area contributed by atoms with Gasteiger partial charge in [0.1, 0.15) is 23.1 Å². The molecular formula is C26H18F3N3O5. The molecule has 0 bridgehead atoms. The van der Waals surface area contributed by atoms with Crippen LogP contribution in [0, 0.1) is 0 Å². The third-order valence-corrected chi connectivity index (χ3v) is 6.41. The van der Waals surface area contributed by atoms with Gasteiger partial charge in [0.05, 0.1) is 17.9 Å². The Morgan fingerprint density at radius 2 is 2.03 bits per heavy atom. The molecule has 2 aliphatic heterocycles. The van der Waals surface area contributed by atoms with Crippen LogP contribution < -0.4 is 20.1 Å². The summed E-state index contributed by atoms with van der Waals surface area (Å²) in [5, 5.41) is 14.6. The summed E-state index contributed by atoms with van der Waals surface area (Å²) >= 11 is 0. The van der Waals surface area contributed by atoms with Crippen molar-refractivity contribution in [3.8, 4) is 17.2 Å². The number of pyridine rings is 1. The number of fused-ring (bicyclic) bond motifs is 4. The Labute approximate surface area is 207 Å². The van der Waals surface area contributed by atoms with E-state index in [0.29, 0.717) is 47.2 Å². The van der Waals surface area contributed by atoms with Crippen molar-refractivity contribution in [2.75, 3.05) is 5.32 Å². The van der Waals surface area contributed by atoms with Crippen LogP contribution >= 0.6 is 0 Å². The molecule has 6 rings (SSSR count). The summed E-state index contributed by atoms with van der Waals surface area (Å²) in [7, 11) is 0. The third-order valence-electron chi connectivity index (χ3n) is 6.41. The number of ether oxygens (including phenoxy) is 2. The van der Waals surface area contributed by atoms with Crippen molar-refractivity contribution >= 4 is 23.2 Å². The van der Waals surface area contributed by atoms with Crippen molar-refractivity contribution < 1.29 is 37.3 Å². The predicted molar refractivity (Wildman–Crippen MR) is 124 cm³/mol. The number of hydrogen-bond acceptors (Lipinski definition) is 6. The number of aromatic nitrogens is 1. The van der Waals surface area contributed by atoms with Gasteiger partial charge in [0, 0.05) is 34.9 Å². The lowest BCUT2D eigenvalue weighted by Gasteiger charge is -2.19. The molecule has 1 aliphatic carbocycles. The largest absolute Gasteiger partial charge is 0.479 e. The van der Waals surface area contributed by atoms with Crippen molar-refractivity contribution in [1.82, 2.24) is 10.3 Å². The van der Waals surface area contributed by atoms with Crippen LogP contribution in [0.3, 0.4) is 0 Å². The highest BCUT2D eigenvalue weighted by molar-refractivity contribution is 6.02. The van der Waals surface area contributed by atoms with Crippen LogP contribution in [0.15, 0.2) is 54.4 Å². The highest BCUT2D eigenvalue weighted by atomic mass is 19.4. The second-order valence-electron chi connectivity index (χ2n) is 8.75. The molecule has 2 amide bonds. The first-order valence-electron chi connectivity index (χ1n) is 11.4. The quantitative estimate of drug-likeness (QED) is 0.476.